The van der Waals surface area contributed by atoms with E-state index in [1.807, 2.05) is 20.8 Å². The Morgan fingerprint density at radius 2 is 1.52 bits per heavy atom. The van der Waals surface area contributed by atoms with Gasteiger partial charge in [0.05, 0.1) is 18.0 Å². The van der Waals surface area contributed by atoms with Crippen LogP contribution in [0.15, 0.2) is 48.5 Å². The van der Waals surface area contributed by atoms with Gasteiger partial charge < -0.3 is 14.8 Å². The molecule has 0 aliphatic carbocycles. The Kier molecular flexibility index (Phi) is 7.50. The largest absolute Gasteiger partial charge is 0.491 e. The Hall–Kier alpha value is -2.74. The molecule has 1 amide bonds. The van der Waals surface area contributed by atoms with Gasteiger partial charge in [-0.3, -0.25) is 9.10 Å². The van der Waals surface area contributed by atoms with E-state index in [9.17, 15) is 13.2 Å². The van der Waals surface area contributed by atoms with Crippen molar-refractivity contribution in [1.29, 1.82) is 0 Å². The number of benzene rings is 2. The van der Waals surface area contributed by atoms with Crippen LogP contribution >= 0.6 is 0 Å². The Morgan fingerprint density at radius 1 is 1.00 bits per heavy atom. The fourth-order valence-electron chi connectivity index (χ4n) is 2.52. The normalized spacial score (nSPS) is 12.3. The van der Waals surface area contributed by atoms with Gasteiger partial charge in [0.2, 0.25) is 10.0 Å². The SMILES string of the molecule is CC[C@H](Oc1ccc(N(C)S(C)(=O)=O)cc1)C(=O)Nc1ccc(OC(C)C)cc1. The summed E-state index contributed by atoms with van der Waals surface area (Å²) >= 11 is 0. The lowest BCUT2D eigenvalue weighted by molar-refractivity contribution is -0.122. The molecule has 2 rings (SSSR count). The predicted octanol–water partition coefficient (Wildman–Crippen LogP) is 3.67. The second kappa shape index (κ2) is 9.65. The van der Waals surface area contributed by atoms with E-state index >= 15 is 0 Å². The topological polar surface area (TPSA) is 84.9 Å². The monoisotopic (exact) mass is 420 g/mol. The highest BCUT2D eigenvalue weighted by molar-refractivity contribution is 7.92. The molecule has 8 heteroatoms. The molecule has 0 saturated heterocycles. The molecule has 0 aromatic heterocycles. The van der Waals surface area contributed by atoms with E-state index in [1.165, 1.54) is 11.4 Å². The first-order valence-corrected chi connectivity index (χ1v) is 11.2. The van der Waals surface area contributed by atoms with E-state index in [1.54, 1.807) is 48.5 Å². The van der Waals surface area contributed by atoms with Crippen molar-refractivity contribution in [2.75, 3.05) is 22.9 Å². The molecule has 0 saturated carbocycles. The van der Waals surface area contributed by atoms with Crippen LogP contribution in [0.3, 0.4) is 0 Å². The predicted molar refractivity (Wildman–Crippen MR) is 115 cm³/mol. The molecule has 2 aromatic carbocycles. The molecular formula is C21H28N2O5S. The van der Waals surface area contributed by atoms with Crippen LogP contribution in [0.2, 0.25) is 0 Å². The zero-order valence-electron chi connectivity index (χ0n) is 17.4. The molecule has 1 atom stereocenters. The van der Waals surface area contributed by atoms with Gasteiger partial charge in [0.25, 0.3) is 5.91 Å². The van der Waals surface area contributed by atoms with E-state index < -0.39 is 16.1 Å². The van der Waals surface area contributed by atoms with Crippen molar-refractivity contribution >= 4 is 27.3 Å². The molecule has 158 valence electrons. The first-order chi connectivity index (χ1) is 13.6. The summed E-state index contributed by atoms with van der Waals surface area (Å²) in [5.74, 6) is 0.959. The van der Waals surface area contributed by atoms with Gasteiger partial charge >= 0.3 is 0 Å². The lowest BCUT2D eigenvalue weighted by Gasteiger charge is -2.19. The molecule has 1 N–H and O–H groups in total. The minimum Gasteiger partial charge on any atom is -0.491 e. The van der Waals surface area contributed by atoms with Crippen LogP contribution in [0.1, 0.15) is 27.2 Å². The van der Waals surface area contributed by atoms with Gasteiger partial charge in [0.1, 0.15) is 11.5 Å². The van der Waals surface area contributed by atoms with E-state index in [0.717, 1.165) is 12.0 Å². The van der Waals surface area contributed by atoms with Gasteiger partial charge in [-0.15, -0.1) is 0 Å². The third-order valence-corrected chi connectivity index (χ3v) is 5.34. The lowest BCUT2D eigenvalue weighted by Crippen LogP contribution is -2.32. The molecule has 7 nitrogen and oxygen atoms in total. The van der Waals surface area contributed by atoms with Gasteiger partial charge in [-0.1, -0.05) is 6.92 Å². The molecule has 0 spiro atoms. The molecular weight excluding hydrogens is 392 g/mol. The molecule has 0 aliphatic heterocycles. The Morgan fingerprint density at radius 3 is 2.00 bits per heavy atom. The quantitative estimate of drug-likeness (QED) is 0.669. The number of carbonyl (C=O) groups excluding carboxylic acids is 1. The van der Waals surface area contributed by atoms with Gasteiger partial charge in [-0.05, 0) is 68.8 Å². The number of nitrogens with zero attached hydrogens (tertiary/aromatic N) is 1. The fourth-order valence-corrected chi connectivity index (χ4v) is 3.03. The highest BCUT2D eigenvalue weighted by Gasteiger charge is 2.19. The summed E-state index contributed by atoms with van der Waals surface area (Å²) in [5.41, 5.74) is 1.17. The molecule has 0 radical (unpaired) electrons. The molecule has 0 bridgehead atoms. The standard InChI is InChI=1S/C21H28N2O5S/c1-6-20(21(24)22-16-7-11-18(12-8-16)27-15(2)3)28-19-13-9-17(10-14-19)23(4)29(5,25)26/h7-15,20H,6H2,1-5H3,(H,22,24)/t20-/m0/s1. The van der Waals surface area contributed by atoms with Gasteiger partial charge in [0.15, 0.2) is 6.10 Å². The maximum absolute atomic E-state index is 12.6. The Labute approximate surface area is 172 Å². The lowest BCUT2D eigenvalue weighted by atomic mass is 10.2. The van der Waals surface area contributed by atoms with Crippen LogP contribution in [0.5, 0.6) is 11.5 Å². The molecule has 0 aliphatic rings. The number of anilines is 2. The van der Waals surface area contributed by atoms with Crippen LogP contribution < -0.4 is 19.1 Å². The van der Waals surface area contributed by atoms with Crippen LogP contribution in [-0.2, 0) is 14.8 Å². The zero-order chi connectivity index (χ0) is 21.6. The van der Waals surface area contributed by atoms with E-state index in [2.05, 4.69) is 5.32 Å². The number of carbonyl (C=O) groups is 1. The van der Waals surface area contributed by atoms with E-state index in [4.69, 9.17) is 9.47 Å². The Bertz CT molecular complexity index is 909. The van der Waals surface area contributed by atoms with Crippen molar-refractivity contribution in [1.82, 2.24) is 0 Å². The van der Waals surface area contributed by atoms with Crippen LogP contribution in [-0.4, -0.2) is 39.8 Å². The van der Waals surface area contributed by atoms with E-state index in [-0.39, 0.29) is 12.0 Å². The molecule has 29 heavy (non-hydrogen) atoms. The number of rotatable bonds is 9. The van der Waals surface area contributed by atoms with Gasteiger partial charge in [-0.2, -0.15) is 0 Å². The summed E-state index contributed by atoms with van der Waals surface area (Å²) in [5, 5.41) is 2.84. The van der Waals surface area contributed by atoms with Crippen molar-refractivity contribution in [3.8, 4) is 11.5 Å². The fraction of sp³-hybridized carbons (Fsp3) is 0.381. The summed E-state index contributed by atoms with van der Waals surface area (Å²) in [6.45, 7) is 5.75. The van der Waals surface area contributed by atoms with Crippen molar-refractivity contribution in [3.05, 3.63) is 48.5 Å². The number of hydrogen-bond acceptors (Lipinski definition) is 5. The van der Waals surface area contributed by atoms with Crippen molar-refractivity contribution in [2.24, 2.45) is 0 Å². The second-order valence-corrected chi connectivity index (χ2v) is 8.93. The zero-order valence-corrected chi connectivity index (χ0v) is 18.2. The van der Waals surface area contributed by atoms with E-state index in [0.29, 0.717) is 23.5 Å². The van der Waals surface area contributed by atoms with Crippen LogP contribution in [0, 0.1) is 0 Å². The van der Waals surface area contributed by atoms with Crippen molar-refractivity contribution in [3.63, 3.8) is 0 Å². The summed E-state index contributed by atoms with van der Waals surface area (Å²) in [6, 6.07) is 13.7. The molecule has 2 aromatic rings. The average molecular weight is 421 g/mol. The summed E-state index contributed by atoms with van der Waals surface area (Å²) < 4.78 is 35.8. The van der Waals surface area contributed by atoms with Crippen LogP contribution in [0.4, 0.5) is 11.4 Å². The smallest absolute Gasteiger partial charge is 0.265 e. The van der Waals surface area contributed by atoms with Crippen molar-refractivity contribution in [2.45, 2.75) is 39.4 Å². The number of sulfonamides is 1. The molecule has 0 heterocycles. The molecule has 0 fully saturated rings. The number of ether oxygens (including phenoxy) is 2. The third-order valence-electron chi connectivity index (χ3n) is 4.13. The second-order valence-electron chi connectivity index (χ2n) is 6.92. The van der Waals surface area contributed by atoms with Crippen LogP contribution in [0.25, 0.3) is 0 Å². The van der Waals surface area contributed by atoms with Crippen molar-refractivity contribution < 1.29 is 22.7 Å². The number of amides is 1. The van der Waals surface area contributed by atoms with Gasteiger partial charge in [0, 0.05) is 12.7 Å². The maximum Gasteiger partial charge on any atom is 0.265 e. The highest BCUT2D eigenvalue weighted by atomic mass is 32.2. The molecule has 0 unspecified atom stereocenters. The highest BCUT2D eigenvalue weighted by Crippen LogP contribution is 2.22. The summed E-state index contributed by atoms with van der Waals surface area (Å²) in [7, 11) is -1.86. The minimum atomic E-state index is -3.33. The summed E-state index contributed by atoms with van der Waals surface area (Å²) in [6.07, 6.45) is 1.01. The maximum atomic E-state index is 12.6. The minimum absolute atomic E-state index is 0.0805. The number of hydrogen-bond donors (Lipinski definition) is 1. The average Bonchev–Trinajstić information content (AvgIpc) is 2.66. The summed E-state index contributed by atoms with van der Waals surface area (Å²) in [4.78, 5) is 12.6. The Balaban J connectivity index is 2.01. The number of nitrogens with one attached hydrogen (secondary N) is 1. The van der Waals surface area contributed by atoms with Gasteiger partial charge in [-0.25, -0.2) is 8.42 Å². The third kappa shape index (κ3) is 6.67. The first kappa shape index (κ1) is 22.5. The first-order valence-electron chi connectivity index (χ1n) is 9.38.